The van der Waals surface area contributed by atoms with Crippen LogP contribution in [0.5, 0.6) is 5.75 Å². The fourth-order valence-electron chi connectivity index (χ4n) is 3.61. The first-order chi connectivity index (χ1) is 12.3. The zero-order valence-electron chi connectivity index (χ0n) is 14.0. The molecule has 0 saturated carbocycles. The van der Waals surface area contributed by atoms with E-state index in [1.165, 1.54) is 11.1 Å². The second-order valence-electron chi connectivity index (χ2n) is 6.46. The monoisotopic (exact) mass is 330 g/mol. The van der Waals surface area contributed by atoms with Crippen molar-refractivity contribution in [2.75, 3.05) is 6.61 Å². The fraction of sp³-hybridized carbons (Fsp3) is 0.200. The van der Waals surface area contributed by atoms with Gasteiger partial charge in [-0.2, -0.15) is 5.10 Å². The predicted octanol–water partition coefficient (Wildman–Crippen LogP) is 3.96. The SMILES string of the molecule is Cn1cc(-c2ccnc3[nH]cc(-c4ccc5c(c4)CCCO5)c23)cn1. The highest BCUT2D eigenvalue weighted by Gasteiger charge is 2.16. The van der Waals surface area contributed by atoms with E-state index in [-0.39, 0.29) is 0 Å². The molecule has 0 spiro atoms. The Morgan fingerprint density at radius 3 is 3.00 bits per heavy atom. The molecular weight excluding hydrogens is 312 g/mol. The van der Waals surface area contributed by atoms with Gasteiger partial charge in [0, 0.05) is 42.2 Å². The molecule has 0 amide bonds. The molecule has 0 aliphatic carbocycles. The van der Waals surface area contributed by atoms with Gasteiger partial charge in [0.1, 0.15) is 11.4 Å². The van der Waals surface area contributed by atoms with E-state index in [4.69, 9.17) is 4.74 Å². The van der Waals surface area contributed by atoms with Crippen LogP contribution in [0.15, 0.2) is 49.1 Å². The number of pyridine rings is 1. The molecule has 5 nitrogen and oxygen atoms in total. The summed E-state index contributed by atoms with van der Waals surface area (Å²) in [7, 11) is 1.93. The maximum atomic E-state index is 5.75. The van der Waals surface area contributed by atoms with Crippen LogP contribution in [0.1, 0.15) is 12.0 Å². The van der Waals surface area contributed by atoms with Crippen LogP contribution in [0.4, 0.5) is 0 Å². The van der Waals surface area contributed by atoms with Gasteiger partial charge in [0.2, 0.25) is 0 Å². The molecule has 5 rings (SSSR count). The van der Waals surface area contributed by atoms with Crippen LogP contribution >= 0.6 is 0 Å². The Hall–Kier alpha value is -3.08. The normalized spacial score (nSPS) is 13.6. The number of fused-ring (bicyclic) bond motifs is 2. The van der Waals surface area contributed by atoms with Crippen LogP contribution in [0.25, 0.3) is 33.3 Å². The number of rotatable bonds is 2. The molecule has 25 heavy (non-hydrogen) atoms. The van der Waals surface area contributed by atoms with Gasteiger partial charge in [-0.25, -0.2) is 4.98 Å². The number of aryl methyl sites for hydroxylation is 2. The molecule has 0 bridgehead atoms. The number of aromatic amines is 1. The summed E-state index contributed by atoms with van der Waals surface area (Å²) in [6, 6.07) is 8.52. The number of hydrogen-bond donors (Lipinski definition) is 1. The molecule has 0 atom stereocenters. The number of ether oxygens (including phenoxy) is 1. The zero-order chi connectivity index (χ0) is 16.8. The largest absolute Gasteiger partial charge is 0.493 e. The minimum absolute atomic E-state index is 0.814. The fourth-order valence-corrected chi connectivity index (χ4v) is 3.61. The molecule has 124 valence electrons. The van der Waals surface area contributed by atoms with Crippen LogP contribution in [0.2, 0.25) is 0 Å². The summed E-state index contributed by atoms with van der Waals surface area (Å²) in [5, 5.41) is 5.45. The Morgan fingerprint density at radius 1 is 1.16 bits per heavy atom. The second-order valence-corrected chi connectivity index (χ2v) is 6.46. The third kappa shape index (κ3) is 2.31. The van der Waals surface area contributed by atoms with E-state index >= 15 is 0 Å². The van der Waals surface area contributed by atoms with Gasteiger partial charge in [-0.05, 0) is 47.7 Å². The Bertz CT molecular complexity index is 1080. The van der Waals surface area contributed by atoms with Crippen LogP contribution in [-0.2, 0) is 13.5 Å². The van der Waals surface area contributed by atoms with Gasteiger partial charge in [-0.15, -0.1) is 0 Å². The van der Waals surface area contributed by atoms with Gasteiger partial charge >= 0.3 is 0 Å². The van der Waals surface area contributed by atoms with Crippen molar-refractivity contribution in [3.63, 3.8) is 0 Å². The average molecular weight is 330 g/mol. The summed E-state index contributed by atoms with van der Waals surface area (Å²) in [5.74, 6) is 1.01. The van der Waals surface area contributed by atoms with Crippen molar-refractivity contribution in [2.24, 2.45) is 7.05 Å². The quantitative estimate of drug-likeness (QED) is 0.605. The Kier molecular flexibility index (Phi) is 3.13. The molecule has 1 aliphatic rings. The number of hydrogen-bond acceptors (Lipinski definition) is 3. The van der Waals surface area contributed by atoms with Gasteiger partial charge in [0.15, 0.2) is 0 Å². The number of H-pyrrole nitrogens is 1. The molecule has 0 saturated heterocycles. The lowest BCUT2D eigenvalue weighted by Crippen LogP contribution is -2.07. The zero-order valence-corrected chi connectivity index (χ0v) is 14.0. The predicted molar refractivity (Wildman–Crippen MR) is 97.5 cm³/mol. The highest BCUT2D eigenvalue weighted by atomic mass is 16.5. The summed E-state index contributed by atoms with van der Waals surface area (Å²) in [5.41, 5.74) is 6.76. The van der Waals surface area contributed by atoms with Gasteiger partial charge in [-0.1, -0.05) is 6.07 Å². The van der Waals surface area contributed by atoms with E-state index in [1.807, 2.05) is 36.5 Å². The Morgan fingerprint density at radius 2 is 2.12 bits per heavy atom. The Labute approximate surface area is 145 Å². The molecular formula is C20H18N4O. The first-order valence-electron chi connectivity index (χ1n) is 8.51. The summed E-state index contributed by atoms with van der Waals surface area (Å²) in [6.45, 7) is 0.814. The highest BCUT2D eigenvalue weighted by Crippen LogP contribution is 2.37. The topological polar surface area (TPSA) is 55.7 Å². The highest BCUT2D eigenvalue weighted by molar-refractivity contribution is 6.03. The van der Waals surface area contributed by atoms with Crippen molar-refractivity contribution in [3.05, 3.63) is 54.6 Å². The van der Waals surface area contributed by atoms with Gasteiger partial charge in [-0.3, -0.25) is 4.68 Å². The average Bonchev–Trinajstić information content (AvgIpc) is 3.27. The molecule has 3 aromatic heterocycles. The summed E-state index contributed by atoms with van der Waals surface area (Å²) >= 11 is 0. The van der Waals surface area contributed by atoms with Crippen molar-refractivity contribution in [1.82, 2.24) is 19.7 Å². The van der Waals surface area contributed by atoms with Gasteiger partial charge < -0.3 is 9.72 Å². The van der Waals surface area contributed by atoms with Crippen molar-refractivity contribution < 1.29 is 4.74 Å². The molecule has 0 unspecified atom stereocenters. The number of nitrogens with zero attached hydrogens (tertiary/aromatic N) is 3. The maximum absolute atomic E-state index is 5.75. The number of aromatic nitrogens is 4. The van der Waals surface area contributed by atoms with Crippen molar-refractivity contribution in [1.29, 1.82) is 0 Å². The minimum Gasteiger partial charge on any atom is -0.493 e. The van der Waals surface area contributed by atoms with E-state index in [1.54, 1.807) is 0 Å². The lowest BCUT2D eigenvalue weighted by atomic mass is 9.96. The molecule has 4 heterocycles. The standard InChI is InChI=1S/C20H18N4O/c1-24-12-15(10-23-24)16-6-7-21-20-19(16)17(11-22-20)13-4-5-18-14(9-13)3-2-8-25-18/h4-7,9-12H,2-3,8H2,1H3,(H,21,22). The van der Waals surface area contributed by atoms with Gasteiger partial charge in [0.25, 0.3) is 0 Å². The van der Waals surface area contributed by atoms with E-state index in [9.17, 15) is 0 Å². The van der Waals surface area contributed by atoms with E-state index in [0.717, 1.165) is 52.9 Å². The maximum Gasteiger partial charge on any atom is 0.138 e. The van der Waals surface area contributed by atoms with Crippen molar-refractivity contribution in [3.8, 4) is 28.0 Å². The second kappa shape index (κ2) is 5.48. The molecule has 0 radical (unpaired) electrons. The summed E-state index contributed by atoms with van der Waals surface area (Å²) in [6.07, 6.45) is 9.96. The van der Waals surface area contributed by atoms with E-state index in [2.05, 4.69) is 39.3 Å². The first-order valence-corrected chi connectivity index (χ1v) is 8.51. The lowest BCUT2D eigenvalue weighted by molar-refractivity contribution is 0.288. The van der Waals surface area contributed by atoms with E-state index < -0.39 is 0 Å². The summed E-state index contributed by atoms with van der Waals surface area (Å²) in [4.78, 5) is 7.81. The summed E-state index contributed by atoms with van der Waals surface area (Å²) < 4.78 is 7.57. The van der Waals surface area contributed by atoms with E-state index in [0.29, 0.717) is 0 Å². The number of nitrogens with one attached hydrogen (secondary N) is 1. The lowest BCUT2D eigenvalue weighted by Gasteiger charge is -2.17. The van der Waals surface area contributed by atoms with Crippen LogP contribution in [-0.4, -0.2) is 26.4 Å². The van der Waals surface area contributed by atoms with Gasteiger partial charge in [0.05, 0.1) is 12.8 Å². The molecule has 1 N–H and O–H groups in total. The molecule has 4 aromatic rings. The third-order valence-corrected chi connectivity index (χ3v) is 4.81. The van der Waals surface area contributed by atoms with Crippen molar-refractivity contribution in [2.45, 2.75) is 12.8 Å². The van der Waals surface area contributed by atoms with Crippen LogP contribution in [0, 0.1) is 0 Å². The molecule has 1 aliphatic heterocycles. The van der Waals surface area contributed by atoms with Crippen molar-refractivity contribution >= 4 is 11.0 Å². The number of benzene rings is 1. The Balaban J connectivity index is 1.72. The smallest absolute Gasteiger partial charge is 0.138 e. The van der Waals surface area contributed by atoms with Crippen LogP contribution in [0.3, 0.4) is 0 Å². The molecule has 1 aromatic carbocycles. The molecule has 5 heteroatoms. The molecule has 0 fully saturated rings. The van der Waals surface area contributed by atoms with Crippen LogP contribution < -0.4 is 4.74 Å². The third-order valence-electron chi connectivity index (χ3n) is 4.81. The minimum atomic E-state index is 0.814. The first kappa shape index (κ1) is 14.3.